The number of amides is 2. The van der Waals surface area contributed by atoms with Crippen molar-refractivity contribution in [1.29, 1.82) is 0 Å². The van der Waals surface area contributed by atoms with E-state index >= 15 is 0 Å². The Hall–Kier alpha value is -1.51. The van der Waals surface area contributed by atoms with E-state index in [4.69, 9.17) is 15.8 Å². The first-order chi connectivity index (χ1) is 12.3. The lowest BCUT2D eigenvalue weighted by Gasteiger charge is -2.29. The van der Waals surface area contributed by atoms with Crippen LogP contribution in [0, 0.1) is 0 Å². The molecular formula is C18H31ClN3O4S+. The second-order valence-corrected chi connectivity index (χ2v) is 10.0. The van der Waals surface area contributed by atoms with Crippen molar-refractivity contribution in [3.05, 3.63) is 28.8 Å². The number of likely N-dealkylation sites (N-methyl/N-ethyl adjacent to an activating group) is 1. The number of hydrogen-bond acceptors (Lipinski definition) is 4. The van der Waals surface area contributed by atoms with Gasteiger partial charge in [-0.15, -0.1) is 0 Å². The smallest absolute Gasteiger partial charge is 0.318 e. The number of quaternary nitrogens is 1. The minimum Gasteiger partial charge on any atom is -0.382 e. The molecule has 0 saturated heterocycles. The third-order valence-corrected chi connectivity index (χ3v) is 4.98. The average molecular weight is 421 g/mol. The molecule has 2 N–H and O–H groups in total. The average Bonchev–Trinajstić information content (AvgIpc) is 2.51. The molecule has 7 nitrogen and oxygen atoms in total. The number of halogens is 1. The Morgan fingerprint density at radius 3 is 2.44 bits per heavy atom. The summed E-state index contributed by atoms with van der Waals surface area (Å²) >= 11 is 6.09. The number of hydrogen-bond donors (Lipinski definition) is 2. The van der Waals surface area contributed by atoms with Gasteiger partial charge in [0.15, 0.2) is 0 Å². The van der Waals surface area contributed by atoms with Gasteiger partial charge >= 0.3 is 16.1 Å². The number of carbonyl (C=O) groups is 1. The number of rotatable bonds is 8. The summed E-state index contributed by atoms with van der Waals surface area (Å²) in [4.78, 5) is 15.6. The minimum atomic E-state index is -3.68. The molecule has 9 heteroatoms. The molecule has 154 valence electrons. The zero-order chi connectivity index (χ0) is 20.8. The monoisotopic (exact) mass is 420 g/mol. The highest BCUT2D eigenvalue weighted by molar-refractivity contribution is 7.87. The van der Waals surface area contributed by atoms with Gasteiger partial charge in [0.1, 0.15) is 5.75 Å². The summed E-state index contributed by atoms with van der Waals surface area (Å²) in [6.07, 6.45) is 0. The summed E-state index contributed by atoms with van der Waals surface area (Å²) in [5, 5.41) is 3.39. The van der Waals surface area contributed by atoms with Gasteiger partial charge in [-0.3, -0.25) is 0 Å². The lowest BCUT2D eigenvalue weighted by atomic mass is 10.1. The standard InChI is InChI=1S/C18H30ClN3O4S/c1-7-27(24,25)26-16-9-8-15(19)12-14(16)13-22(11-10-21(5)6)17(23)20-18(2,3)4/h8-9,12H,7,10-11,13H2,1-6H3,(H,20,23)/p+1. The quantitative estimate of drug-likeness (QED) is 0.625. The summed E-state index contributed by atoms with van der Waals surface area (Å²) in [7, 11) is 0.318. The van der Waals surface area contributed by atoms with Crippen LogP contribution in [0.2, 0.25) is 5.02 Å². The predicted molar refractivity (Wildman–Crippen MR) is 108 cm³/mol. The van der Waals surface area contributed by atoms with E-state index < -0.39 is 10.1 Å². The largest absolute Gasteiger partial charge is 0.382 e. The van der Waals surface area contributed by atoms with Crippen LogP contribution in [-0.2, 0) is 16.7 Å². The van der Waals surface area contributed by atoms with Gasteiger partial charge in [-0.25, -0.2) is 4.79 Å². The molecule has 0 aliphatic carbocycles. The maximum atomic E-state index is 12.7. The first-order valence-electron chi connectivity index (χ1n) is 8.89. The molecule has 1 aromatic rings. The van der Waals surface area contributed by atoms with E-state index in [1.807, 2.05) is 34.9 Å². The highest BCUT2D eigenvalue weighted by Gasteiger charge is 2.23. The first-order valence-corrected chi connectivity index (χ1v) is 10.8. The molecule has 0 radical (unpaired) electrons. The number of urea groups is 1. The van der Waals surface area contributed by atoms with Gasteiger partial charge in [0.05, 0.1) is 39.5 Å². The lowest BCUT2D eigenvalue weighted by molar-refractivity contribution is -0.857. The topological polar surface area (TPSA) is 80.2 Å². The van der Waals surface area contributed by atoms with Crippen molar-refractivity contribution >= 4 is 27.8 Å². The number of nitrogens with zero attached hydrogens (tertiary/aromatic N) is 1. The second kappa shape index (κ2) is 9.61. The van der Waals surface area contributed by atoms with Crippen LogP contribution in [-0.4, -0.2) is 57.8 Å². The van der Waals surface area contributed by atoms with E-state index in [-0.39, 0.29) is 29.6 Å². The van der Waals surface area contributed by atoms with Gasteiger partial charge in [-0.1, -0.05) is 11.6 Å². The Morgan fingerprint density at radius 2 is 1.93 bits per heavy atom. The number of benzene rings is 1. The Balaban J connectivity index is 3.15. The fourth-order valence-corrected chi connectivity index (χ4v) is 2.91. The zero-order valence-corrected chi connectivity index (χ0v) is 18.5. The van der Waals surface area contributed by atoms with Crippen molar-refractivity contribution in [1.82, 2.24) is 10.2 Å². The van der Waals surface area contributed by atoms with Crippen molar-refractivity contribution in [2.75, 3.05) is 32.9 Å². The summed E-state index contributed by atoms with van der Waals surface area (Å²) in [6, 6.07) is 4.48. The van der Waals surface area contributed by atoms with Gasteiger partial charge in [-0.2, -0.15) is 8.42 Å². The third-order valence-electron chi connectivity index (χ3n) is 3.60. The van der Waals surface area contributed by atoms with Crippen molar-refractivity contribution in [3.8, 4) is 5.75 Å². The molecule has 0 spiro atoms. The molecule has 0 aliphatic heterocycles. The van der Waals surface area contributed by atoms with Crippen LogP contribution in [0.25, 0.3) is 0 Å². The lowest BCUT2D eigenvalue weighted by Crippen LogP contribution is -3.06. The first kappa shape index (κ1) is 23.5. The van der Waals surface area contributed by atoms with Crippen LogP contribution in [0.1, 0.15) is 33.3 Å². The van der Waals surface area contributed by atoms with E-state index in [0.717, 1.165) is 6.54 Å². The minimum absolute atomic E-state index is 0.146. The van der Waals surface area contributed by atoms with Gasteiger partial charge in [0.2, 0.25) is 0 Å². The van der Waals surface area contributed by atoms with E-state index in [9.17, 15) is 13.2 Å². The van der Waals surface area contributed by atoms with Crippen LogP contribution in [0.5, 0.6) is 5.75 Å². The fraction of sp³-hybridized carbons (Fsp3) is 0.611. The highest BCUT2D eigenvalue weighted by atomic mass is 35.5. The van der Waals surface area contributed by atoms with Gasteiger partial charge < -0.3 is 19.3 Å². The molecule has 0 aliphatic rings. The van der Waals surface area contributed by atoms with Gasteiger partial charge in [0, 0.05) is 16.1 Å². The normalized spacial score (nSPS) is 12.1. The van der Waals surface area contributed by atoms with Crippen molar-refractivity contribution in [2.24, 2.45) is 0 Å². The Kier molecular flexibility index (Phi) is 8.38. The van der Waals surface area contributed by atoms with Crippen molar-refractivity contribution in [2.45, 2.75) is 39.8 Å². The molecule has 0 aromatic heterocycles. The Labute approximate surface area is 167 Å². The molecule has 1 aromatic carbocycles. The molecular weight excluding hydrogens is 390 g/mol. The SMILES string of the molecule is CCS(=O)(=O)Oc1ccc(Cl)cc1CN(CC[NH+](C)C)C(=O)NC(C)(C)C. The van der Waals surface area contributed by atoms with Crippen LogP contribution < -0.4 is 14.4 Å². The number of nitrogens with one attached hydrogen (secondary N) is 2. The van der Waals surface area contributed by atoms with Gasteiger partial charge in [-0.05, 0) is 45.9 Å². The molecule has 2 amide bonds. The van der Waals surface area contributed by atoms with E-state index in [0.29, 0.717) is 17.1 Å². The maximum absolute atomic E-state index is 12.7. The van der Waals surface area contributed by atoms with Crippen molar-refractivity contribution in [3.63, 3.8) is 0 Å². The Morgan fingerprint density at radius 1 is 1.30 bits per heavy atom. The summed E-state index contributed by atoms with van der Waals surface area (Å²) in [6.45, 7) is 8.64. The molecule has 27 heavy (non-hydrogen) atoms. The summed E-state index contributed by atoms with van der Waals surface area (Å²) in [5.41, 5.74) is 0.150. The molecule has 0 saturated carbocycles. The fourth-order valence-electron chi connectivity index (χ4n) is 2.17. The summed E-state index contributed by atoms with van der Waals surface area (Å²) in [5.74, 6) is 0.0415. The highest BCUT2D eigenvalue weighted by Crippen LogP contribution is 2.26. The zero-order valence-electron chi connectivity index (χ0n) is 16.9. The predicted octanol–water partition coefficient (Wildman–Crippen LogP) is 1.52. The van der Waals surface area contributed by atoms with E-state index in [1.165, 1.54) is 17.9 Å². The molecule has 0 heterocycles. The molecule has 0 atom stereocenters. The second-order valence-electron chi connectivity index (χ2n) is 7.74. The van der Waals surface area contributed by atoms with Gasteiger partial charge in [0.25, 0.3) is 0 Å². The van der Waals surface area contributed by atoms with Crippen molar-refractivity contribution < 1.29 is 22.3 Å². The van der Waals surface area contributed by atoms with Crippen LogP contribution in [0.15, 0.2) is 18.2 Å². The molecule has 0 unspecified atom stereocenters. The molecule has 0 fully saturated rings. The van der Waals surface area contributed by atoms with E-state index in [2.05, 4.69) is 5.32 Å². The van der Waals surface area contributed by atoms with Crippen LogP contribution in [0.3, 0.4) is 0 Å². The molecule has 0 bridgehead atoms. The Bertz CT molecular complexity index is 745. The van der Waals surface area contributed by atoms with E-state index in [1.54, 1.807) is 17.0 Å². The summed E-state index contributed by atoms with van der Waals surface area (Å²) < 4.78 is 28.9. The van der Waals surface area contributed by atoms with Crippen LogP contribution >= 0.6 is 11.6 Å². The maximum Gasteiger partial charge on any atom is 0.318 e. The molecule has 1 rings (SSSR count). The number of carbonyl (C=O) groups excluding carboxylic acids is 1. The third kappa shape index (κ3) is 8.81. The van der Waals surface area contributed by atoms with Crippen LogP contribution in [0.4, 0.5) is 4.79 Å².